The van der Waals surface area contributed by atoms with Gasteiger partial charge in [0.25, 0.3) is 0 Å². The summed E-state index contributed by atoms with van der Waals surface area (Å²) >= 11 is 0. The van der Waals surface area contributed by atoms with Crippen molar-refractivity contribution in [2.24, 2.45) is 0 Å². The summed E-state index contributed by atoms with van der Waals surface area (Å²) in [5, 5.41) is 3.65. The number of benzene rings is 1. The summed E-state index contributed by atoms with van der Waals surface area (Å²) in [6.45, 7) is 6.76. The summed E-state index contributed by atoms with van der Waals surface area (Å²) in [5.41, 5.74) is 5.00. The molecular weight excluding hydrogens is 308 g/mol. The number of rotatable bonds is 5. The fourth-order valence-electron chi connectivity index (χ4n) is 3.14. The van der Waals surface area contributed by atoms with Crippen LogP contribution in [0.15, 0.2) is 42.9 Å². The average Bonchev–Trinajstić information content (AvgIpc) is 3.34. The van der Waals surface area contributed by atoms with Crippen LogP contribution in [0.25, 0.3) is 5.65 Å². The number of nitrogens with one attached hydrogen (secondary N) is 1. The monoisotopic (exact) mass is 334 g/mol. The molecule has 0 unspecified atom stereocenters. The van der Waals surface area contributed by atoms with Crippen LogP contribution in [-0.2, 0) is 18.3 Å². The molecule has 4 nitrogen and oxygen atoms in total. The first-order valence-electron chi connectivity index (χ1n) is 9.17. The SMILES string of the molecule is CC(C)(C)c1ccc(CCc2nc3cnccn3c2NC2CC2)cc1. The lowest BCUT2D eigenvalue weighted by Gasteiger charge is -2.19. The smallest absolute Gasteiger partial charge is 0.157 e. The number of hydrogen-bond donors (Lipinski definition) is 1. The Kier molecular flexibility index (Phi) is 3.98. The number of anilines is 1. The van der Waals surface area contributed by atoms with Crippen molar-refractivity contribution in [2.75, 3.05) is 5.32 Å². The summed E-state index contributed by atoms with van der Waals surface area (Å²) in [6.07, 6.45) is 10.1. The Morgan fingerprint density at radius 1 is 1.12 bits per heavy atom. The van der Waals surface area contributed by atoms with Crippen molar-refractivity contribution >= 4 is 11.5 Å². The van der Waals surface area contributed by atoms with Gasteiger partial charge in [0.2, 0.25) is 0 Å². The molecule has 130 valence electrons. The Bertz CT molecular complexity index is 867. The molecule has 0 amide bonds. The van der Waals surface area contributed by atoms with Crippen molar-refractivity contribution < 1.29 is 0 Å². The van der Waals surface area contributed by atoms with Gasteiger partial charge in [-0.25, -0.2) is 4.98 Å². The highest BCUT2D eigenvalue weighted by Gasteiger charge is 2.24. The molecule has 4 heteroatoms. The molecule has 0 bridgehead atoms. The standard InChI is InChI=1S/C21H26N4/c1-21(2,3)16-7-4-15(5-8-16)6-11-18-20(23-17-9-10-17)25-13-12-22-14-19(25)24-18/h4-5,7-8,12-14,17,23H,6,9-11H2,1-3H3. The van der Waals surface area contributed by atoms with Gasteiger partial charge in [-0.3, -0.25) is 9.38 Å². The van der Waals surface area contributed by atoms with Crippen LogP contribution in [0.4, 0.5) is 5.82 Å². The van der Waals surface area contributed by atoms with Crippen molar-refractivity contribution in [2.45, 2.75) is 57.9 Å². The van der Waals surface area contributed by atoms with Gasteiger partial charge in [-0.15, -0.1) is 0 Å². The van der Waals surface area contributed by atoms with Gasteiger partial charge in [-0.2, -0.15) is 0 Å². The molecule has 1 aliphatic carbocycles. The largest absolute Gasteiger partial charge is 0.367 e. The third-order valence-corrected chi connectivity index (χ3v) is 4.89. The Morgan fingerprint density at radius 2 is 1.88 bits per heavy atom. The van der Waals surface area contributed by atoms with Gasteiger partial charge in [0.15, 0.2) is 5.65 Å². The maximum atomic E-state index is 4.80. The maximum absolute atomic E-state index is 4.80. The minimum atomic E-state index is 0.203. The minimum absolute atomic E-state index is 0.203. The molecular formula is C21H26N4. The second-order valence-electron chi connectivity index (χ2n) is 8.08. The second-order valence-corrected chi connectivity index (χ2v) is 8.08. The molecule has 0 saturated heterocycles. The molecule has 4 rings (SSSR count). The number of hydrogen-bond acceptors (Lipinski definition) is 3. The Hall–Kier alpha value is -2.36. The van der Waals surface area contributed by atoms with E-state index in [9.17, 15) is 0 Å². The van der Waals surface area contributed by atoms with Crippen LogP contribution >= 0.6 is 0 Å². The van der Waals surface area contributed by atoms with E-state index in [4.69, 9.17) is 4.98 Å². The van der Waals surface area contributed by atoms with Crippen LogP contribution in [0.2, 0.25) is 0 Å². The third kappa shape index (κ3) is 3.53. The summed E-state index contributed by atoms with van der Waals surface area (Å²) in [6, 6.07) is 9.63. The van der Waals surface area contributed by atoms with Gasteiger partial charge in [-0.05, 0) is 42.2 Å². The zero-order valence-corrected chi connectivity index (χ0v) is 15.3. The second kappa shape index (κ2) is 6.17. The summed E-state index contributed by atoms with van der Waals surface area (Å²) in [5.74, 6) is 1.14. The number of imidazole rings is 1. The first-order valence-corrected chi connectivity index (χ1v) is 9.17. The van der Waals surface area contributed by atoms with Crippen molar-refractivity contribution in [1.82, 2.24) is 14.4 Å². The first kappa shape index (κ1) is 16.1. The zero-order chi connectivity index (χ0) is 17.4. The molecule has 3 aromatic rings. The maximum Gasteiger partial charge on any atom is 0.157 e. The summed E-state index contributed by atoms with van der Waals surface area (Å²) < 4.78 is 2.13. The molecule has 1 N–H and O–H groups in total. The van der Waals surface area contributed by atoms with Gasteiger partial charge in [0.1, 0.15) is 5.82 Å². The van der Waals surface area contributed by atoms with Crippen LogP contribution in [0.1, 0.15) is 50.4 Å². The molecule has 1 aromatic carbocycles. The summed E-state index contributed by atoms with van der Waals surface area (Å²) in [4.78, 5) is 9.01. The Balaban J connectivity index is 1.54. The van der Waals surface area contributed by atoms with Crippen molar-refractivity contribution in [1.29, 1.82) is 0 Å². The van der Waals surface area contributed by atoms with Gasteiger partial charge in [0, 0.05) is 18.4 Å². The van der Waals surface area contributed by atoms with Gasteiger partial charge < -0.3 is 5.32 Å². The fourth-order valence-corrected chi connectivity index (χ4v) is 3.14. The lowest BCUT2D eigenvalue weighted by Crippen LogP contribution is -2.10. The lowest BCUT2D eigenvalue weighted by atomic mass is 9.86. The molecule has 0 aliphatic heterocycles. The van der Waals surface area contributed by atoms with Gasteiger partial charge >= 0.3 is 0 Å². The van der Waals surface area contributed by atoms with E-state index in [0.29, 0.717) is 6.04 Å². The van der Waals surface area contributed by atoms with Crippen LogP contribution < -0.4 is 5.32 Å². The van der Waals surface area contributed by atoms with Crippen molar-refractivity contribution in [3.8, 4) is 0 Å². The molecule has 2 aromatic heterocycles. The normalized spacial score (nSPS) is 14.8. The van der Waals surface area contributed by atoms with Crippen LogP contribution in [0.5, 0.6) is 0 Å². The predicted octanol–water partition coefficient (Wildman–Crippen LogP) is 4.39. The first-order chi connectivity index (χ1) is 12.0. The van der Waals surface area contributed by atoms with E-state index < -0.39 is 0 Å². The lowest BCUT2D eigenvalue weighted by molar-refractivity contribution is 0.590. The van der Waals surface area contributed by atoms with Crippen LogP contribution in [-0.4, -0.2) is 20.4 Å². The van der Waals surface area contributed by atoms with E-state index >= 15 is 0 Å². The van der Waals surface area contributed by atoms with E-state index in [2.05, 4.69) is 59.7 Å². The molecule has 25 heavy (non-hydrogen) atoms. The topological polar surface area (TPSA) is 42.2 Å². The van der Waals surface area contributed by atoms with E-state index in [1.165, 1.54) is 24.0 Å². The molecule has 1 fully saturated rings. The Morgan fingerprint density at radius 3 is 2.56 bits per heavy atom. The molecule has 0 spiro atoms. The van der Waals surface area contributed by atoms with E-state index in [1.807, 2.05) is 18.6 Å². The number of fused-ring (bicyclic) bond motifs is 1. The third-order valence-electron chi connectivity index (χ3n) is 4.89. The van der Waals surface area contributed by atoms with E-state index in [0.717, 1.165) is 30.0 Å². The minimum Gasteiger partial charge on any atom is -0.367 e. The molecule has 0 atom stereocenters. The van der Waals surface area contributed by atoms with E-state index in [-0.39, 0.29) is 5.41 Å². The highest BCUT2D eigenvalue weighted by atomic mass is 15.2. The highest BCUT2D eigenvalue weighted by molar-refractivity contribution is 5.55. The number of aryl methyl sites for hydroxylation is 2. The fraction of sp³-hybridized carbons (Fsp3) is 0.429. The van der Waals surface area contributed by atoms with Crippen molar-refractivity contribution in [3.05, 3.63) is 59.7 Å². The van der Waals surface area contributed by atoms with Gasteiger partial charge in [-0.1, -0.05) is 45.0 Å². The number of nitrogens with zero attached hydrogens (tertiary/aromatic N) is 3. The van der Waals surface area contributed by atoms with Crippen LogP contribution in [0, 0.1) is 0 Å². The average molecular weight is 334 g/mol. The van der Waals surface area contributed by atoms with Gasteiger partial charge in [0.05, 0.1) is 11.9 Å². The Labute approximate surface area is 149 Å². The van der Waals surface area contributed by atoms with E-state index in [1.54, 1.807) is 0 Å². The predicted molar refractivity (Wildman–Crippen MR) is 102 cm³/mol. The number of aromatic nitrogens is 3. The zero-order valence-electron chi connectivity index (χ0n) is 15.3. The molecule has 1 aliphatic rings. The highest BCUT2D eigenvalue weighted by Crippen LogP contribution is 2.28. The molecule has 1 saturated carbocycles. The molecule has 0 radical (unpaired) electrons. The van der Waals surface area contributed by atoms with Crippen molar-refractivity contribution in [3.63, 3.8) is 0 Å². The van der Waals surface area contributed by atoms with Crippen LogP contribution in [0.3, 0.4) is 0 Å². The molecule has 2 heterocycles. The summed E-state index contributed by atoms with van der Waals surface area (Å²) in [7, 11) is 0. The quantitative estimate of drug-likeness (QED) is 0.752.